The van der Waals surface area contributed by atoms with Crippen LogP contribution in [0, 0.1) is 17.8 Å². The van der Waals surface area contributed by atoms with E-state index in [-0.39, 0.29) is 14.8 Å². The van der Waals surface area contributed by atoms with Crippen molar-refractivity contribution in [2.45, 2.75) is 20.3 Å². The highest BCUT2D eigenvalue weighted by atomic mass is 16.2. The summed E-state index contributed by atoms with van der Waals surface area (Å²) in [5, 5.41) is 0. The standard InChI is InChI=1S/C10H17N3O.2H2/c1-6(2)9(11)12-10(14)13-4-7-3-8(7)5-13;;/h6-8H,3-5H2,1-2H3,(H2,11,12,14);2*1H. The highest BCUT2D eigenvalue weighted by Crippen LogP contribution is 2.44. The van der Waals surface area contributed by atoms with Crippen LogP contribution in [0.4, 0.5) is 4.79 Å². The minimum Gasteiger partial charge on any atom is -0.387 e. The lowest BCUT2D eigenvalue weighted by Gasteiger charge is -2.15. The number of amidine groups is 1. The fraction of sp³-hybridized carbons (Fsp3) is 0.800. The first-order chi connectivity index (χ1) is 6.58. The van der Waals surface area contributed by atoms with E-state index >= 15 is 0 Å². The highest BCUT2D eigenvalue weighted by molar-refractivity contribution is 5.93. The van der Waals surface area contributed by atoms with Crippen LogP contribution in [0.5, 0.6) is 0 Å². The Morgan fingerprint density at radius 3 is 2.57 bits per heavy atom. The van der Waals surface area contributed by atoms with Gasteiger partial charge in [-0.2, -0.15) is 4.99 Å². The number of hydrogen-bond acceptors (Lipinski definition) is 1. The second-order valence-corrected chi connectivity index (χ2v) is 4.63. The van der Waals surface area contributed by atoms with Crippen LogP contribution in [0.1, 0.15) is 23.1 Å². The molecule has 2 atom stereocenters. The van der Waals surface area contributed by atoms with Crippen LogP contribution in [0.15, 0.2) is 4.99 Å². The number of hydrogen-bond donors (Lipinski definition) is 1. The summed E-state index contributed by atoms with van der Waals surface area (Å²) < 4.78 is 0. The fourth-order valence-electron chi connectivity index (χ4n) is 1.86. The van der Waals surface area contributed by atoms with E-state index in [4.69, 9.17) is 5.73 Å². The summed E-state index contributed by atoms with van der Waals surface area (Å²) >= 11 is 0. The van der Waals surface area contributed by atoms with E-state index in [1.54, 1.807) is 0 Å². The predicted molar refractivity (Wildman–Crippen MR) is 59.3 cm³/mol. The van der Waals surface area contributed by atoms with E-state index in [2.05, 4.69) is 4.99 Å². The molecule has 0 aromatic rings. The topological polar surface area (TPSA) is 58.7 Å². The third kappa shape index (κ3) is 1.74. The highest BCUT2D eigenvalue weighted by Gasteiger charge is 2.46. The summed E-state index contributed by atoms with van der Waals surface area (Å²) in [4.78, 5) is 17.3. The Labute approximate surface area is 87.1 Å². The van der Waals surface area contributed by atoms with E-state index in [0.717, 1.165) is 24.9 Å². The van der Waals surface area contributed by atoms with Gasteiger partial charge in [-0.25, -0.2) is 4.79 Å². The lowest BCUT2D eigenvalue weighted by molar-refractivity contribution is 0.214. The van der Waals surface area contributed by atoms with Gasteiger partial charge in [-0.05, 0) is 18.3 Å². The van der Waals surface area contributed by atoms with Crippen molar-refractivity contribution < 1.29 is 7.65 Å². The Morgan fingerprint density at radius 2 is 2.07 bits per heavy atom. The molecule has 2 fully saturated rings. The van der Waals surface area contributed by atoms with Crippen LogP contribution in [0.3, 0.4) is 0 Å². The summed E-state index contributed by atoms with van der Waals surface area (Å²) in [5.74, 6) is 2.11. The van der Waals surface area contributed by atoms with Gasteiger partial charge in [0.1, 0.15) is 5.84 Å². The molecule has 14 heavy (non-hydrogen) atoms. The van der Waals surface area contributed by atoms with E-state index in [1.807, 2.05) is 18.7 Å². The van der Waals surface area contributed by atoms with Crippen molar-refractivity contribution in [3.05, 3.63) is 0 Å². The Bertz CT molecular complexity index is 284. The number of nitrogens with zero attached hydrogens (tertiary/aromatic N) is 2. The van der Waals surface area contributed by atoms with Crippen LogP contribution in [0.2, 0.25) is 0 Å². The number of fused-ring (bicyclic) bond motifs is 1. The van der Waals surface area contributed by atoms with Crippen molar-refractivity contribution in [3.8, 4) is 0 Å². The van der Waals surface area contributed by atoms with Crippen molar-refractivity contribution >= 4 is 11.9 Å². The van der Waals surface area contributed by atoms with Gasteiger partial charge in [0.05, 0.1) is 0 Å². The summed E-state index contributed by atoms with van der Waals surface area (Å²) in [6, 6.07) is -0.150. The Hall–Kier alpha value is -1.06. The van der Waals surface area contributed by atoms with Crippen LogP contribution >= 0.6 is 0 Å². The van der Waals surface area contributed by atoms with Gasteiger partial charge >= 0.3 is 6.03 Å². The third-order valence-electron chi connectivity index (χ3n) is 3.07. The lowest BCUT2D eigenvalue weighted by atomic mass is 10.2. The second-order valence-electron chi connectivity index (χ2n) is 4.63. The smallest absolute Gasteiger partial charge is 0.345 e. The molecule has 0 spiro atoms. The molecule has 4 heteroatoms. The fourth-order valence-corrected chi connectivity index (χ4v) is 1.86. The molecule has 1 saturated carbocycles. The predicted octanol–water partition coefficient (Wildman–Crippen LogP) is 1.56. The maximum absolute atomic E-state index is 11.6. The number of rotatable bonds is 1. The number of piperidine rings is 1. The van der Waals surface area contributed by atoms with Gasteiger partial charge in [0, 0.05) is 21.9 Å². The van der Waals surface area contributed by atoms with Crippen molar-refractivity contribution in [2.75, 3.05) is 13.1 Å². The van der Waals surface area contributed by atoms with Crippen molar-refractivity contribution in [1.82, 2.24) is 4.90 Å². The molecule has 2 unspecified atom stereocenters. The van der Waals surface area contributed by atoms with E-state index in [9.17, 15) is 4.79 Å². The molecule has 1 aliphatic carbocycles. The Morgan fingerprint density at radius 1 is 1.50 bits per heavy atom. The Balaban J connectivity index is 0.00000112. The molecule has 2 amide bonds. The molecule has 1 saturated heterocycles. The molecule has 2 N–H and O–H groups in total. The molecule has 0 radical (unpaired) electrons. The molecular formula is C10H21N3O. The molecule has 0 aromatic carbocycles. The average molecular weight is 199 g/mol. The number of carbonyl (C=O) groups is 1. The summed E-state index contributed by atoms with van der Waals surface area (Å²) in [6.07, 6.45) is 1.30. The average Bonchev–Trinajstić information content (AvgIpc) is 2.73. The third-order valence-corrected chi connectivity index (χ3v) is 3.07. The Kier molecular flexibility index (Phi) is 2.21. The first-order valence-corrected chi connectivity index (χ1v) is 5.21. The number of aliphatic imine (C=N–C) groups is 1. The number of likely N-dealkylation sites (tertiary alicyclic amines) is 1. The number of carbonyl (C=O) groups excluding carboxylic acids is 1. The van der Waals surface area contributed by atoms with E-state index < -0.39 is 0 Å². The van der Waals surface area contributed by atoms with Crippen LogP contribution < -0.4 is 5.73 Å². The van der Waals surface area contributed by atoms with Crippen LogP contribution in [0.25, 0.3) is 0 Å². The maximum atomic E-state index is 11.6. The lowest BCUT2D eigenvalue weighted by Crippen LogP contribution is -2.30. The summed E-state index contributed by atoms with van der Waals surface area (Å²) in [6.45, 7) is 5.65. The van der Waals surface area contributed by atoms with Crippen LogP contribution in [-0.4, -0.2) is 29.9 Å². The minimum absolute atomic E-state index is 0. The zero-order valence-corrected chi connectivity index (χ0v) is 8.73. The number of urea groups is 1. The molecule has 0 aromatic heterocycles. The molecule has 1 heterocycles. The van der Waals surface area contributed by atoms with E-state index in [0.29, 0.717) is 5.84 Å². The minimum atomic E-state index is -0.150. The molecular weight excluding hydrogens is 178 g/mol. The van der Waals surface area contributed by atoms with Crippen molar-refractivity contribution in [3.63, 3.8) is 0 Å². The molecule has 2 rings (SSSR count). The molecule has 2 aliphatic rings. The van der Waals surface area contributed by atoms with Gasteiger partial charge < -0.3 is 10.6 Å². The first-order valence-electron chi connectivity index (χ1n) is 5.21. The molecule has 0 bridgehead atoms. The molecule has 1 aliphatic heterocycles. The molecule has 4 nitrogen and oxygen atoms in total. The van der Waals surface area contributed by atoms with Gasteiger partial charge in [0.2, 0.25) is 0 Å². The van der Waals surface area contributed by atoms with Gasteiger partial charge in [0.15, 0.2) is 0 Å². The van der Waals surface area contributed by atoms with Gasteiger partial charge in [-0.3, -0.25) is 0 Å². The van der Waals surface area contributed by atoms with E-state index in [1.165, 1.54) is 6.42 Å². The quantitative estimate of drug-likeness (QED) is 0.514. The second kappa shape index (κ2) is 3.26. The maximum Gasteiger partial charge on any atom is 0.345 e. The summed E-state index contributed by atoms with van der Waals surface area (Å²) in [7, 11) is 0. The first kappa shape index (κ1) is 9.49. The summed E-state index contributed by atoms with van der Waals surface area (Å²) in [5.41, 5.74) is 5.63. The zero-order valence-electron chi connectivity index (χ0n) is 8.73. The number of amides is 2. The van der Waals surface area contributed by atoms with Gasteiger partial charge in [-0.1, -0.05) is 13.8 Å². The van der Waals surface area contributed by atoms with Crippen molar-refractivity contribution in [2.24, 2.45) is 28.5 Å². The normalized spacial score (nSPS) is 30.8. The van der Waals surface area contributed by atoms with Crippen molar-refractivity contribution in [1.29, 1.82) is 0 Å². The number of nitrogens with two attached hydrogens (primary N) is 1. The zero-order chi connectivity index (χ0) is 10.3. The molecule has 82 valence electrons. The van der Waals surface area contributed by atoms with Gasteiger partial charge in [0.25, 0.3) is 0 Å². The SMILES string of the molecule is CC(C)/C(N)=N/C(=O)N1CC2CC2C1.[HH].[HH]. The van der Waals surface area contributed by atoms with Crippen LogP contribution in [-0.2, 0) is 0 Å². The van der Waals surface area contributed by atoms with Gasteiger partial charge in [-0.15, -0.1) is 0 Å². The largest absolute Gasteiger partial charge is 0.387 e. The monoisotopic (exact) mass is 199 g/mol.